The molecule has 0 radical (unpaired) electrons. The normalized spacial score (nSPS) is 31.3. The van der Waals surface area contributed by atoms with Crippen molar-refractivity contribution in [3.05, 3.63) is 24.3 Å². The maximum absolute atomic E-state index is 10.7. The van der Waals surface area contributed by atoms with E-state index in [4.69, 9.17) is 5.11 Å². The Labute approximate surface area is 75.6 Å². The summed E-state index contributed by atoms with van der Waals surface area (Å²) >= 11 is 0. The number of hydrogen-bond donors (Lipinski definition) is 1. The highest BCUT2D eigenvalue weighted by atomic mass is 16.4. The zero-order chi connectivity index (χ0) is 9.42. The summed E-state index contributed by atoms with van der Waals surface area (Å²) in [5.74, 6) is -0.695. The smallest absolute Gasteiger partial charge is 0.307 e. The van der Waals surface area contributed by atoms with Gasteiger partial charge in [-0.3, -0.25) is 4.79 Å². The van der Waals surface area contributed by atoms with Crippen LogP contribution < -0.4 is 0 Å². The van der Waals surface area contributed by atoms with E-state index in [9.17, 15) is 4.79 Å². The Kier molecular flexibility index (Phi) is 1.76. The van der Waals surface area contributed by atoms with E-state index >= 15 is 0 Å². The predicted molar refractivity (Wildman–Crippen MR) is 45.1 cm³/mol. The number of carbonyl (C=O) groups is 1. The second-order valence-electron chi connectivity index (χ2n) is 3.38. The van der Waals surface area contributed by atoms with Crippen LogP contribution in [-0.4, -0.2) is 21.0 Å². The minimum Gasteiger partial charge on any atom is -0.481 e. The first-order valence-corrected chi connectivity index (χ1v) is 4.20. The van der Waals surface area contributed by atoms with Crippen LogP contribution in [0.25, 0.3) is 0 Å². The van der Waals surface area contributed by atoms with Crippen LogP contribution in [0.2, 0.25) is 0 Å². The summed E-state index contributed by atoms with van der Waals surface area (Å²) < 4.78 is 0. The molecule has 0 saturated heterocycles. The maximum Gasteiger partial charge on any atom is 0.307 e. The van der Waals surface area contributed by atoms with Crippen LogP contribution in [-0.2, 0) is 4.79 Å². The van der Waals surface area contributed by atoms with Crippen molar-refractivity contribution >= 4 is 5.97 Å². The molecule has 0 spiro atoms. The molecule has 1 aromatic heterocycles. The summed E-state index contributed by atoms with van der Waals surface area (Å²) in [6.45, 7) is 1.94. The molecule has 0 aliphatic heterocycles. The van der Waals surface area contributed by atoms with Crippen LogP contribution in [0.15, 0.2) is 18.6 Å². The van der Waals surface area contributed by atoms with Gasteiger partial charge in [-0.15, -0.1) is 0 Å². The molecule has 0 amide bonds. The van der Waals surface area contributed by atoms with E-state index < -0.39 is 5.97 Å². The van der Waals surface area contributed by atoms with Gasteiger partial charge in [0.2, 0.25) is 0 Å². The molecule has 1 saturated carbocycles. The lowest BCUT2D eigenvalue weighted by Gasteiger charge is -1.94. The van der Waals surface area contributed by atoms with E-state index in [1.54, 1.807) is 12.3 Å². The first kappa shape index (κ1) is 8.16. The van der Waals surface area contributed by atoms with Gasteiger partial charge in [-0.2, -0.15) is 0 Å². The minimum atomic E-state index is -0.726. The van der Waals surface area contributed by atoms with Gasteiger partial charge in [0.1, 0.15) is 6.33 Å². The molecule has 1 aliphatic carbocycles. The van der Waals surface area contributed by atoms with Crippen LogP contribution in [0.4, 0.5) is 0 Å². The Balaban J connectivity index is 2.18. The zero-order valence-corrected chi connectivity index (χ0v) is 7.21. The Morgan fingerprint density at radius 2 is 2.38 bits per heavy atom. The average molecular weight is 178 g/mol. The predicted octanol–water partition coefficient (Wildman–Crippen LogP) is 0.911. The summed E-state index contributed by atoms with van der Waals surface area (Å²) in [4.78, 5) is 18.6. The molecule has 0 aromatic carbocycles. The Bertz CT molecular complexity index is 326. The molecule has 0 unspecified atom stereocenters. The van der Waals surface area contributed by atoms with Crippen molar-refractivity contribution in [3.63, 3.8) is 0 Å². The third-order valence-corrected chi connectivity index (χ3v) is 2.61. The molecule has 3 atom stereocenters. The van der Waals surface area contributed by atoms with E-state index in [0.29, 0.717) is 0 Å². The van der Waals surface area contributed by atoms with Crippen LogP contribution in [0, 0.1) is 11.8 Å². The maximum atomic E-state index is 10.7. The van der Waals surface area contributed by atoms with Crippen molar-refractivity contribution in [2.75, 3.05) is 0 Å². The number of aliphatic carboxylic acids is 1. The Hall–Kier alpha value is -1.45. The fourth-order valence-corrected chi connectivity index (χ4v) is 1.79. The summed E-state index contributed by atoms with van der Waals surface area (Å²) in [6.07, 6.45) is 3.10. The first-order chi connectivity index (χ1) is 6.22. The first-order valence-electron chi connectivity index (χ1n) is 4.20. The highest BCUT2D eigenvalue weighted by molar-refractivity contribution is 5.75. The van der Waals surface area contributed by atoms with E-state index in [1.165, 1.54) is 6.33 Å². The van der Waals surface area contributed by atoms with Crippen LogP contribution >= 0.6 is 0 Å². The molecule has 1 aliphatic rings. The zero-order valence-electron chi connectivity index (χ0n) is 7.21. The van der Waals surface area contributed by atoms with E-state index in [-0.39, 0.29) is 17.8 Å². The summed E-state index contributed by atoms with van der Waals surface area (Å²) in [5.41, 5.74) is 0.843. The fraction of sp³-hybridized carbons (Fsp3) is 0.444. The van der Waals surface area contributed by atoms with Gasteiger partial charge >= 0.3 is 5.97 Å². The number of rotatable bonds is 2. The second-order valence-corrected chi connectivity index (χ2v) is 3.38. The Morgan fingerprint density at radius 3 is 2.85 bits per heavy atom. The van der Waals surface area contributed by atoms with Crippen molar-refractivity contribution in [2.24, 2.45) is 11.8 Å². The molecule has 1 heterocycles. The van der Waals surface area contributed by atoms with Gasteiger partial charge in [-0.05, 0) is 12.0 Å². The largest absolute Gasteiger partial charge is 0.481 e. The topological polar surface area (TPSA) is 63.1 Å². The van der Waals surface area contributed by atoms with Crippen LogP contribution in [0.1, 0.15) is 18.5 Å². The van der Waals surface area contributed by atoms with Crippen molar-refractivity contribution in [1.29, 1.82) is 0 Å². The third kappa shape index (κ3) is 1.28. The highest BCUT2D eigenvalue weighted by Crippen LogP contribution is 2.52. The van der Waals surface area contributed by atoms with Gasteiger partial charge in [0.05, 0.1) is 5.92 Å². The number of carboxylic acid groups (broad SMARTS) is 1. The van der Waals surface area contributed by atoms with Crippen LogP contribution in [0.3, 0.4) is 0 Å². The van der Waals surface area contributed by atoms with Crippen molar-refractivity contribution in [3.8, 4) is 0 Å². The quantitative estimate of drug-likeness (QED) is 0.731. The van der Waals surface area contributed by atoms with Gasteiger partial charge < -0.3 is 5.11 Å². The lowest BCUT2D eigenvalue weighted by Crippen LogP contribution is -2.00. The molecular weight excluding hydrogens is 168 g/mol. The van der Waals surface area contributed by atoms with Gasteiger partial charge in [-0.1, -0.05) is 6.92 Å². The van der Waals surface area contributed by atoms with E-state index in [2.05, 4.69) is 9.97 Å². The molecule has 0 bridgehead atoms. The third-order valence-electron chi connectivity index (χ3n) is 2.61. The number of carboxylic acids is 1. The minimum absolute atomic E-state index is 0.0838. The van der Waals surface area contributed by atoms with Gasteiger partial charge in [0.15, 0.2) is 0 Å². The second kappa shape index (κ2) is 2.80. The lowest BCUT2D eigenvalue weighted by molar-refractivity contribution is -0.138. The molecule has 2 rings (SSSR count). The average Bonchev–Trinajstić information content (AvgIpc) is 2.79. The van der Waals surface area contributed by atoms with E-state index in [1.807, 2.05) is 6.92 Å². The standard InChI is InChI=1S/C9H10N2O2/c1-5-7(8(5)9(12)13)6-2-3-10-4-11-6/h2-5,7-8H,1H3,(H,12,13)/t5-,7-,8+/m1/s1. The lowest BCUT2D eigenvalue weighted by atomic mass is 10.2. The fourth-order valence-electron chi connectivity index (χ4n) is 1.79. The van der Waals surface area contributed by atoms with Gasteiger partial charge in [0, 0.05) is 17.8 Å². The summed E-state index contributed by atoms with van der Waals surface area (Å²) in [6, 6.07) is 1.78. The van der Waals surface area contributed by atoms with Crippen molar-refractivity contribution < 1.29 is 9.90 Å². The highest BCUT2D eigenvalue weighted by Gasteiger charge is 2.53. The number of aromatic nitrogens is 2. The monoisotopic (exact) mass is 178 g/mol. The van der Waals surface area contributed by atoms with Crippen molar-refractivity contribution in [1.82, 2.24) is 9.97 Å². The Morgan fingerprint density at radius 1 is 1.62 bits per heavy atom. The molecule has 1 aromatic rings. The van der Waals surface area contributed by atoms with E-state index in [0.717, 1.165) is 5.69 Å². The summed E-state index contributed by atoms with van der Waals surface area (Å²) in [7, 11) is 0. The molecular formula is C9H10N2O2. The molecule has 13 heavy (non-hydrogen) atoms. The molecule has 1 N–H and O–H groups in total. The molecule has 4 nitrogen and oxygen atoms in total. The van der Waals surface area contributed by atoms with Crippen molar-refractivity contribution in [2.45, 2.75) is 12.8 Å². The van der Waals surface area contributed by atoms with Gasteiger partial charge in [0.25, 0.3) is 0 Å². The number of hydrogen-bond acceptors (Lipinski definition) is 3. The molecule has 4 heteroatoms. The molecule has 1 fully saturated rings. The molecule has 68 valence electrons. The van der Waals surface area contributed by atoms with Gasteiger partial charge in [-0.25, -0.2) is 9.97 Å². The SMILES string of the molecule is C[C@H]1[C@H](C(=O)O)[C@H]1c1ccncn1. The summed E-state index contributed by atoms with van der Waals surface area (Å²) in [5, 5.41) is 8.81. The number of nitrogens with zero attached hydrogens (tertiary/aromatic N) is 2. The van der Waals surface area contributed by atoms with Crippen LogP contribution in [0.5, 0.6) is 0 Å².